The number of nitrogens with zero attached hydrogens (tertiary/aromatic N) is 1. The van der Waals surface area contributed by atoms with Crippen molar-refractivity contribution >= 4 is 27.1 Å². The molecule has 1 aromatic carbocycles. The van der Waals surface area contributed by atoms with Crippen molar-refractivity contribution < 1.29 is 13.2 Å². The van der Waals surface area contributed by atoms with Crippen LogP contribution in [0.1, 0.15) is 12.0 Å². The van der Waals surface area contributed by atoms with Crippen LogP contribution in [0.15, 0.2) is 18.2 Å². The average molecular weight is 279 g/mol. The Morgan fingerprint density at radius 3 is 2.79 bits per heavy atom. The van der Waals surface area contributed by atoms with E-state index in [0.29, 0.717) is 16.9 Å². The minimum absolute atomic E-state index is 0.0641. The normalized spacial score (nSPS) is 17.9. The quantitative estimate of drug-likeness (QED) is 0.849. The molecule has 0 bridgehead atoms. The van der Waals surface area contributed by atoms with Crippen molar-refractivity contribution in [3.05, 3.63) is 23.8 Å². The fraction of sp³-hybridized carbons (Fsp3) is 0.333. The van der Waals surface area contributed by atoms with Gasteiger partial charge in [0.15, 0.2) is 0 Å². The number of fused-ring (bicyclic) bond motifs is 1. The number of hydrogen-bond acceptors (Lipinski definition) is 5. The molecule has 1 amide bonds. The average Bonchev–Trinajstić information content (AvgIpc) is 2.34. The Bertz CT molecular complexity index is 661. The number of carbonyl (C=O) groups excluding carboxylic acids is 1. The lowest BCUT2D eigenvalue weighted by Crippen LogP contribution is -2.40. The third-order valence-corrected chi connectivity index (χ3v) is 3.83. The van der Waals surface area contributed by atoms with Gasteiger partial charge in [-0.15, -0.1) is 0 Å². The van der Waals surface area contributed by atoms with Gasteiger partial charge in [-0.25, -0.2) is 8.42 Å². The molecule has 19 heavy (non-hydrogen) atoms. The summed E-state index contributed by atoms with van der Waals surface area (Å²) in [5, 5.41) is 14.6. The number of hydrogen-bond donors (Lipinski definition) is 2. The summed E-state index contributed by atoms with van der Waals surface area (Å²) in [6, 6.07) is 6.45. The molecule has 0 aromatic heterocycles. The molecule has 1 aliphatic rings. The predicted molar refractivity (Wildman–Crippen MR) is 71.5 cm³/mol. The predicted octanol–water partition coefficient (Wildman–Crippen LogP) is 0.726. The SMILES string of the molecule is CS(=O)(=O)CCC1Nc2cccc(C#N)c2NC1=O. The lowest BCUT2D eigenvalue weighted by molar-refractivity contribution is -0.117. The fourth-order valence-corrected chi connectivity index (χ4v) is 2.56. The first-order valence-electron chi connectivity index (χ1n) is 5.69. The van der Waals surface area contributed by atoms with Crippen molar-refractivity contribution in [3.63, 3.8) is 0 Å². The lowest BCUT2D eigenvalue weighted by Gasteiger charge is -2.27. The van der Waals surface area contributed by atoms with Crippen LogP contribution in [-0.4, -0.2) is 32.4 Å². The van der Waals surface area contributed by atoms with E-state index in [1.165, 1.54) is 0 Å². The molecule has 6 nitrogen and oxygen atoms in total. The highest BCUT2D eigenvalue weighted by atomic mass is 32.2. The largest absolute Gasteiger partial charge is 0.372 e. The zero-order chi connectivity index (χ0) is 14.0. The van der Waals surface area contributed by atoms with Gasteiger partial charge < -0.3 is 10.6 Å². The molecule has 0 spiro atoms. The molecule has 2 N–H and O–H groups in total. The molecule has 7 heteroatoms. The van der Waals surface area contributed by atoms with E-state index in [1.807, 2.05) is 6.07 Å². The van der Waals surface area contributed by atoms with E-state index in [2.05, 4.69) is 10.6 Å². The minimum Gasteiger partial charge on any atom is -0.372 e. The van der Waals surface area contributed by atoms with Gasteiger partial charge in [-0.2, -0.15) is 5.26 Å². The second-order valence-electron chi connectivity index (χ2n) is 4.44. The minimum atomic E-state index is -3.11. The Balaban J connectivity index is 2.21. The summed E-state index contributed by atoms with van der Waals surface area (Å²) < 4.78 is 22.2. The van der Waals surface area contributed by atoms with Gasteiger partial charge in [0, 0.05) is 6.26 Å². The van der Waals surface area contributed by atoms with E-state index in [0.717, 1.165) is 6.26 Å². The van der Waals surface area contributed by atoms with Gasteiger partial charge in [0.2, 0.25) is 5.91 Å². The van der Waals surface area contributed by atoms with Crippen LogP contribution in [0.5, 0.6) is 0 Å². The topological polar surface area (TPSA) is 99.1 Å². The first-order chi connectivity index (χ1) is 8.90. The summed E-state index contributed by atoms with van der Waals surface area (Å²) in [7, 11) is -3.11. The van der Waals surface area contributed by atoms with Crippen LogP contribution in [-0.2, 0) is 14.6 Å². The molecular formula is C12H13N3O3S. The Morgan fingerprint density at radius 2 is 2.16 bits per heavy atom. The van der Waals surface area contributed by atoms with Gasteiger partial charge in [-0.3, -0.25) is 4.79 Å². The van der Waals surface area contributed by atoms with Crippen LogP contribution < -0.4 is 10.6 Å². The molecule has 0 saturated heterocycles. The third-order valence-electron chi connectivity index (χ3n) is 2.86. The van der Waals surface area contributed by atoms with E-state index < -0.39 is 15.9 Å². The van der Waals surface area contributed by atoms with Gasteiger partial charge >= 0.3 is 0 Å². The van der Waals surface area contributed by atoms with Gasteiger partial charge in [0.05, 0.1) is 22.7 Å². The maximum atomic E-state index is 11.9. The Hall–Kier alpha value is -2.07. The Labute approximate surface area is 111 Å². The zero-order valence-electron chi connectivity index (χ0n) is 10.3. The highest BCUT2D eigenvalue weighted by Crippen LogP contribution is 2.30. The number of carbonyl (C=O) groups is 1. The van der Waals surface area contributed by atoms with Crippen molar-refractivity contribution in [1.82, 2.24) is 0 Å². The van der Waals surface area contributed by atoms with Crippen molar-refractivity contribution in [2.24, 2.45) is 0 Å². The highest BCUT2D eigenvalue weighted by molar-refractivity contribution is 7.90. The van der Waals surface area contributed by atoms with Crippen LogP contribution in [0.4, 0.5) is 11.4 Å². The molecular weight excluding hydrogens is 266 g/mol. The number of para-hydroxylation sites is 1. The van der Waals surface area contributed by atoms with Crippen molar-refractivity contribution in [1.29, 1.82) is 5.26 Å². The Morgan fingerprint density at radius 1 is 1.42 bits per heavy atom. The number of anilines is 2. The Kier molecular flexibility index (Phi) is 3.44. The van der Waals surface area contributed by atoms with Gasteiger partial charge in [-0.05, 0) is 18.6 Å². The van der Waals surface area contributed by atoms with Crippen molar-refractivity contribution in [2.75, 3.05) is 22.6 Å². The van der Waals surface area contributed by atoms with Crippen molar-refractivity contribution in [2.45, 2.75) is 12.5 Å². The molecule has 0 radical (unpaired) electrons. The summed E-state index contributed by atoms with van der Waals surface area (Å²) >= 11 is 0. The second kappa shape index (κ2) is 4.90. The first kappa shape index (κ1) is 13.4. The third kappa shape index (κ3) is 3.03. The van der Waals surface area contributed by atoms with Crippen LogP contribution in [0.2, 0.25) is 0 Å². The van der Waals surface area contributed by atoms with E-state index in [1.54, 1.807) is 18.2 Å². The number of benzene rings is 1. The number of amides is 1. The smallest absolute Gasteiger partial charge is 0.246 e. The second-order valence-corrected chi connectivity index (χ2v) is 6.70. The van der Waals surface area contributed by atoms with Crippen LogP contribution in [0.3, 0.4) is 0 Å². The molecule has 0 saturated carbocycles. The number of sulfone groups is 1. The maximum Gasteiger partial charge on any atom is 0.246 e. The molecule has 0 aliphatic carbocycles. The van der Waals surface area contributed by atoms with Crippen LogP contribution in [0.25, 0.3) is 0 Å². The summed E-state index contributed by atoms with van der Waals surface area (Å²) in [6.45, 7) is 0. The molecule has 0 fully saturated rings. The number of nitrogens with one attached hydrogen (secondary N) is 2. The number of nitriles is 1. The highest BCUT2D eigenvalue weighted by Gasteiger charge is 2.27. The fourth-order valence-electron chi connectivity index (χ4n) is 1.90. The van der Waals surface area contributed by atoms with E-state index in [9.17, 15) is 13.2 Å². The summed E-state index contributed by atoms with van der Waals surface area (Å²) in [5.41, 5.74) is 1.46. The van der Waals surface area contributed by atoms with Crippen LogP contribution in [0, 0.1) is 11.3 Å². The van der Waals surface area contributed by atoms with Gasteiger partial charge in [0.25, 0.3) is 0 Å². The summed E-state index contributed by atoms with van der Waals surface area (Å²) in [6.07, 6.45) is 1.33. The lowest BCUT2D eigenvalue weighted by atomic mass is 10.1. The number of rotatable bonds is 3. The monoisotopic (exact) mass is 279 g/mol. The molecule has 100 valence electrons. The van der Waals surface area contributed by atoms with Crippen molar-refractivity contribution in [3.8, 4) is 6.07 Å². The molecule has 2 rings (SSSR count). The van der Waals surface area contributed by atoms with E-state index in [-0.39, 0.29) is 18.1 Å². The summed E-state index contributed by atoms with van der Waals surface area (Å²) in [4.78, 5) is 11.9. The molecule has 1 aliphatic heterocycles. The standard InChI is InChI=1S/C12H13N3O3S/c1-19(17,18)6-5-10-12(16)15-11-8(7-13)3-2-4-9(11)14-10/h2-4,10,14H,5-6H2,1H3,(H,15,16). The summed E-state index contributed by atoms with van der Waals surface area (Å²) in [5.74, 6) is -0.385. The van der Waals surface area contributed by atoms with E-state index in [4.69, 9.17) is 5.26 Å². The molecule has 1 heterocycles. The maximum absolute atomic E-state index is 11.9. The zero-order valence-corrected chi connectivity index (χ0v) is 11.1. The van der Waals surface area contributed by atoms with Gasteiger partial charge in [-0.1, -0.05) is 6.07 Å². The van der Waals surface area contributed by atoms with E-state index >= 15 is 0 Å². The first-order valence-corrected chi connectivity index (χ1v) is 7.75. The molecule has 1 aromatic rings. The molecule has 1 unspecified atom stereocenters. The molecule has 1 atom stereocenters. The van der Waals surface area contributed by atoms with Crippen LogP contribution >= 0.6 is 0 Å². The van der Waals surface area contributed by atoms with Gasteiger partial charge in [0.1, 0.15) is 21.9 Å².